The van der Waals surface area contributed by atoms with Gasteiger partial charge in [0.1, 0.15) is 29.7 Å². The minimum atomic E-state index is -0.229. The Morgan fingerprint density at radius 3 is 2.47 bits per heavy atom. The number of methoxy groups -OCH3 is 1. The maximum Gasteiger partial charge on any atom is 0.323 e. The van der Waals surface area contributed by atoms with Gasteiger partial charge in [0.05, 0.1) is 22.8 Å². The van der Waals surface area contributed by atoms with Crippen LogP contribution in [0.4, 0.5) is 5.69 Å². The number of ether oxygens (including phenoxy) is 3. The summed E-state index contributed by atoms with van der Waals surface area (Å²) in [6.07, 6.45) is 6.86. The SMILES string of the molecule is CC[C@@H](Oc1ccc([C@H]2CCN(C)c3cc4c(cc3O2)CN(C2CCCC2)[C@H](C(=O)OC)C4)cc1)c1ccc(Cl)c(Cl)c1. The van der Waals surface area contributed by atoms with Crippen molar-refractivity contribution in [3.05, 3.63) is 86.9 Å². The Bertz CT molecular complexity index is 1460. The molecule has 3 aromatic carbocycles. The normalized spacial score (nSPS) is 21.4. The first-order valence-corrected chi connectivity index (χ1v) is 16.2. The maximum absolute atomic E-state index is 12.8. The summed E-state index contributed by atoms with van der Waals surface area (Å²) in [7, 11) is 3.62. The summed E-state index contributed by atoms with van der Waals surface area (Å²) in [4.78, 5) is 17.5. The van der Waals surface area contributed by atoms with Crippen LogP contribution in [0.3, 0.4) is 0 Å². The number of carbonyl (C=O) groups is 1. The summed E-state index contributed by atoms with van der Waals surface area (Å²) in [6, 6.07) is 18.6. The second kappa shape index (κ2) is 13.0. The highest BCUT2D eigenvalue weighted by Gasteiger charge is 2.38. The van der Waals surface area contributed by atoms with Crippen molar-refractivity contribution in [3.63, 3.8) is 0 Å². The topological polar surface area (TPSA) is 51.2 Å². The van der Waals surface area contributed by atoms with E-state index in [0.29, 0.717) is 22.5 Å². The standard InChI is InChI=1S/C35H40Cl2N2O4/c1-4-32(23-11-14-28(36)29(37)17-23)42-27-12-9-22(10-13-27)33-15-16-38(2)30-18-24-19-31(35(40)41-3)39(26-7-5-6-8-26)21-25(24)20-34(30)43-33/h9-14,17-18,20,26,31-33H,4-8,15-16,19,21H2,1-3H3/t31-,32+,33+/m0/s1. The number of carbonyl (C=O) groups excluding carboxylic acids is 1. The van der Waals surface area contributed by atoms with Crippen molar-refractivity contribution in [2.24, 2.45) is 0 Å². The predicted molar refractivity (Wildman–Crippen MR) is 172 cm³/mol. The predicted octanol–water partition coefficient (Wildman–Crippen LogP) is 8.33. The van der Waals surface area contributed by atoms with Gasteiger partial charge in [0, 0.05) is 32.6 Å². The molecule has 6 rings (SSSR count). The number of rotatable bonds is 7. The van der Waals surface area contributed by atoms with Crippen LogP contribution in [0.25, 0.3) is 0 Å². The molecule has 0 radical (unpaired) electrons. The quantitative estimate of drug-likeness (QED) is 0.247. The Morgan fingerprint density at radius 2 is 1.77 bits per heavy atom. The Balaban J connectivity index is 1.21. The number of halogens is 2. The number of hydrogen-bond donors (Lipinski definition) is 0. The zero-order valence-electron chi connectivity index (χ0n) is 25.2. The highest BCUT2D eigenvalue weighted by Crippen LogP contribution is 2.42. The molecule has 1 fully saturated rings. The summed E-state index contributed by atoms with van der Waals surface area (Å²) < 4.78 is 18.3. The molecule has 0 aromatic heterocycles. The summed E-state index contributed by atoms with van der Waals surface area (Å²) >= 11 is 12.4. The van der Waals surface area contributed by atoms with E-state index in [1.807, 2.05) is 30.3 Å². The van der Waals surface area contributed by atoms with Crippen molar-refractivity contribution in [2.45, 2.75) is 82.7 Å². The Kier molecular flexibility index (Phi) is 9.08. The summed E-state index contributed by atoms with van der Waals surface area (Å²) in [5.41, 5.74) is 5.65. The minimum absolute atomic E-state index is 0.0785. The van der Waals surface area contributed by atoms with E-state index in [-0.39, 0.29) is 24.2 Å². The molecule has 0 unspecified atom stereocenters. The molecule has 3 atom stereocenters. The van der Waals surface area contributed by atoms with Gasteiger partial charge < -0.3 is 19.1 Å². The van der Waals surface area contributed by atoms with E-state index in [4.69, 9.17) is 37.4 Å². The molecule has 3 aromatic rings. The Morgan fingerprint density at radius 1 is 1.00 bits per heavy atom. The molecule has 0 bridgehead atoms. The van der Waals surface area contributed by atoms with Gasteiger partial charge in [-0.2, -0.15) is 0 Å². The molecular formula is C35H40Cl2N2O4. The van der Waals surface area contributed by atoms with Gasteiger partial charge in [-0.05, 0) is 84.3 Å². The Labute approximate surface area is 264 Å². The average molecular weight is 624 g/mol. The molecule has 1 saturated carbocycles. The molecule has 0 amide bonds. The van der Waals surface area contributed by atoms with Gasteiger partial charge in [0.15, 0.2) is 0 Å². The van der Waals surface area contributed by atoms with Crippen LogP contribution in [0.1, 0.15) is 79.9 Å². The van der Waals surface area contributed by atoms with Crippen LogP contribution in [0, 0.1) is 0 Å². The number of anilines is 1. The number of nitrogens with zero attached hydrogens (tertiary/aromatic N) is 2. The molecule has 43 heavy (non-hydrogen) atoms. The fourth-order valence-corrected chi connectivity index (χ4v) is 7.20. The average Bonchev–Trinajstić information content (AvgIpc) is 3.52. The van der Waals surface area contributed by atoms with Crippen LogP contribution in [0.2, 0.25) is 10.0 Å². The van der Waals surface area contributed by atoms with E-state index >= 15 is 0 Å². The molecule has 2 aliphatic heterocycles. The molecule has 0 spiro atoms. The van der Waals surface area contributed by atoms with E-state index in [1.54, 1.807) is 0 Å². The molecule has 228 valence electrons. The van der Waals surface area contributed by atoms with Gasteiger partial charge >= 0.3 is 5.97 Å². The highest BCUT2D eigenvalue weighted by atomic mass is 35.5. The third kappa shape index (κ3) is 6.33. The molecule has 8 heteroatoms. The van der Waals surface area contributed by atoms with Crippen LogP contribution in [0.5, 0.6) is 11.5 Å². The maximum atomic E-state index is 12.8. The van der Waals surface area contributed by atoms with Gasteiger partial charge in [-0.1, -0.05) is 61.2 Å². The van der Waals surface area contributed by atoms with Gasteiger partial charge in [-0.25, -0.2) is 0 Å². The number of hydrogen-bond acceptors (Lipinski definition) is 6. The lowest BCUT2D eigenvalue weighted by molar-refractivity contribution is -0.148. The van der Waals surface area contributed by atoms with Crippen molar-refractivity contribution < 1.29 is 19.0 Å². The van der Waals surface area contributed by atoms with E-state index in [9.17, 15) is 4.79 Å². The molecular weight excluding hydrogens is 583 g/mol. The Hall–Kier alpha value is -2.93. The van der Waals surface area contributed by atoms with E-state index < -0.39 is 0 Å². The fourth-order valence-electron chi connectivity index (χ4n) is 6.89. The van der Waals surface area contributed by atoms with Crippen molar-refractivity contribution in [1.82, 2.24) is 4.90 Å². The van der Waals surface area contributed by atoms with Crippen LogP contribution >= 0.6 is 23.2 Å². The molecule has 3 aliphatic rings. The van der Waals surface area contributed by atoms with Crippen molar-refractivity contribution in [1.29, 1.82) is 0 Å². The van der Waals surface area contributed by atoms with E-state index in [1.165, 1.54) is 31.1 Å². The third-order valence-electron chi connectivity index (χ3n) is 9.34. The summed E-state index contributed by atoms with van der Waals surface area (Å²) in [5, 5.41) is 1.07. The lowest BCUT2D eigenvalue weighted by atomic mass is 9.91. The number of benzene rings is 3. The van der Waals surface area contributed by atoms with Crippen LogP contribution in [-0.4, -0.2) is 43.7 Å². The zero-order valence-corrected chi connectivity index (χ0v) is 26.7. The molecule has 0 N–H and O–H groups in total. The lowest BCUT2D eigenvalue weighted by Crippen LogP contribution is -2.50. The zero-order chi connectivity index (χ0) is 30.1. The van der Waals surface area contributed by atoms with Crippen LogP contribution in [0.15, 0.2) is 54.6 Å². The molecule has 6 nitrogen and oxygen atoms in total. The molecule has 2 heterocycles. The summed E-state index contributed by atoms with van der Waals surface area (Å²) in [6.45, 7) is 3.70. The van der Waals surface area contributed by atoms with Crippen molar-refractivity contribution in [3.8, 4) is 11.5 Å². The van der Waals surface area contributed by atoms with Crippen LogP contribution in [-0.2, 0) is 22.5 Å². The van der Waals surface area contributed by atoms with Gasteiger partial charge in [0.25, 0.3) is 0 Å². The minimum Gasteiger partial charge on any atom is -0.486 e. The number of esters is 1. The molecule has 1 aliphatic carbocycles. The van der Waals surface area contributed by atoms with Gasteiger partial charge in [-0.15, -0.1) is 0 Å². The first-order valence-electron chi connectivity index (χ1n) is 15.4. The first kappa shape index (κ1) is 30.1. The smallest absolute Gasteiger partial charge is 0.323 e. The largest absolute Gasteiger partial charge is 0.486 e. The van der Waals surface area contributed by atoms with Crippen LogP contribution < -0.4 is 14.4 Å². The van der Waals surface area contributed by atoms with Crippen molar-refractivity contribution >= 4 is 34.9 Å². The highest BCUT2D eigenvalue weighted by molar-refractivity contribution is 6.42. The number of fused-ring (bicyclic) bond motifs is 2. The lowest BCUT2D eigenvalue weighted by Gasteiger charge is -2.39. The van der Waals surface area contributed by atoms with Crippen molar-refractivity contribution in [2.75, 3.05) is 25.6 Å². The molecule has 0 saturated heterocycles. The second-order valence-electron chi connectivity index (χ2n) is 12.0. The summed E-state index contributed by atoms with van der Waals surface area (Å²) in [5.74, 6) is 1.57. The third-order valence-corrected chi connectivity index (χ3v) is 10.1. The second-order valence-corrected chi connectivity index (χ2v) is 12.8. The van der Waals surface area contributed by atoms with Gasteiger partial charge in [0.2, 0.25) is 0 Å². The monoisotopic (exact) mass is 622 g/mol. The van der Waals surface area contributed by atoms with Gasteiger partial charge in [-0.3, -0.25) is 9.69 Å². The van der Waals surface area contributed by atoms with E-state index in [0.717, 1.165) is 67.1 Å². The fraction of sp³-hybridized carbons (Fsp3) is 0.457. The van der Waals surface area contributed by atoms with E-state index in [2.05, 4.69) is 48.0 Å². The first-order chi connectivity index (χ1) is 20.8.